The lowest BCUT2D eigenvalue weighted by Crippen LogP contribution is -1.93. The summed E-state index contributed by atoms with van der Waals surface area (Å²) in [4.78, 5) is 4.23. The molecule has 3 aromatic rings. The predicted molar refractivity (Wildman–Crippen MR) is 73.7 cm³/mol. The summed E-state index contributed by atoms with van der Waals surface area (Å²) in [7, 11) is 1.51. The molecule has 7 heteroatoms. The number of methoxy groups -OCH3 is 1. The number of aryl methyl sites for hydroxylation is 1. The van der Waals surface area contributed by atoms with Crippen LogP contribution in [0.15, 0.2) is 34.9 Å². The van der Waals surface area contributed by atoms with E-state index in [9.17, 15) is 5.11 Å². The Morgan fingerprint density at radius 2 is 2.00 bits per heavy atom. The molecule has 0 radical (unpaired) electrons. The van der Waals surface area contributed by atoms with Gasteiger partial charge in [0.15, 0.2) is 0 Å². The van der Waals surface area contributed by atoms with Gasteiger partial charge in [-0.25, -0.2) is 0 Å². The maximum atomic E-state index is 9.86. The lowest BCUT2D eigenvalue weighted by atomic mass is 10.1. The standard InChI is InChI=1S/C14H12N4O3/c1-8-3-5-11(19)9(7-8)14-15-13(18-21-14)10-4-6-12(20-2)17-16-10/h3-7,19H,1-2H3. The summed E-state index contributed by atoms with van der Waals surface area (Å²) < 4.78 is 10.1. The maximum absolute atomic E-state index is 9.86. The molecule has 1 aromatic carbocycles. The van der Waals surface area contributed by atoms with Crippen LogP contribution in [0.25, 0.3) is 23.0 Å². The largest absolute Gasteiger partial charge is 0.507 e. The van der Waals surface area contributed by atoms with Crippen molar-refractivity contribution in [3.63, 3.8) is 0 Å². The first kappa shape index (κ1) is 13.0. The Labute approximate surface area is 120 Å². The number of aromatic hydroxyl groups is 1. The van der Waals surface area contributed by atoms with Gasteiger partial charge in [-0.2, -0.15) is 4.98 Å². The summed E-state index contributed by atoms with van der Waals surface area (Å²) in [6, 6.07) is 8.48. The monoisotopic (exact) mass is 284 g/mol. The van der Waals surface area contributed by atoms with Gasteiger partial charge in [0.1, 0.15) is 11.4 Å². The van der Waals surface area contributed by atoms with E-state index in [-0.39, 0.29) is 11.6 Å². The van der Waals surface area contributed by atoms with Crippen molar-refractivity contribution < 1.29 is 14.4 Å². The number of rotatable bonds is 3. The van der Waals surface area contributed by atoms with Crippen LogP contribution in [0.2, 0.25) is 0 Å². The number of benzene rings is 1. The molecule has 106 valence electrons. The molecule has 0 aliphatic rings. The van der Waals surface area contributed by atoms with Gasteiger partial charge in [0, 0.05) is 6.07 Å². The predicted octanol–water partition coefficient (Wildman–Crippen LogP) is 2.22. The molecular weight excluding hydrogens is 272 g/mol. The summed E-state index contributed by atoms with van der Waals surface area (Å²) in [5, 5.41) is 21.5. The third kappa shape index (κ3) is 2.53. The smallest absolute Gasteiger partial charge is 0.262 e. The van der Waals surface area contributed by atoms with Crippen molar-refractivity contribution in [3.8, 4) is 34.6 Å². The molecule has 0 aliphatic carbocycles. The second-order valence-electron chi connectivity index (χ2n) is 4.40. The highest BCUT2D eigenvalue weighted by atomic mass is 16.5. The molecule has 3 rings (SSSR count). The fourth-order valence-corrected chi connectivity index (χ4v) is 1.81. The molecule has 0 unspecified atom stereocenters. The number of hydrogen-bond donors (Lipinski definition) is 1. The van der Waals surface area contributed by atoms with Crippen LogP contribution in [-0.4, -0.2) is 32.6 Å². The second-order valence-corrected chi connectivity index (χ2v) is 4.40. The minimum absolute atomic E-state index is 0.0802. The van der Waals surface area contributed by atoms with Gasteiger partial charge < -0.3 is 14.4 Å². The lowest BCUT2D eigenvalue weighted by Gasteiger charge is -2.00. The van der Waals surface area contributed by atoms with E-state index in [4.69, 9.17) is 9.26 Å². The van der Waals surface area contributed by atoms with E-state index in [2.05, 4.69) is 20.3 Å². The average molecular weight is 284 g/mol. The van der Waals surface area contributed by atoms with Crippen molar-refractivity contribution >= 4 is 0 Å². The summed E-state index contributed by atoms with van der Waals surface area (Å²) in [5.41, 5.74) is 1.92. The van der Waals surface area contributed by atoms with E-state index in [1.807, 2.05) is 6.92 Å². The molecule has 1 N–H and O–H groups in total. The zero-order valence-corrected chi connectivity index (χ0v) is 11.4. The van der Waals surface area contributed by atoms with Crippen LogP contribution in [0.4, 0.5) is 0 Å². The average Bonchev–Trinajstić information content (AvgIpc) is 2.99. The van der Waals surface area contributed by atoms with E-state index in [1.54, 1.807) is 30.3 Å². The summed E-state index contributed by atoms with van der Waals surface area (Å²) in [5.74, 6) is 1.00. The first-order valence-electron chi connectivity index (χ1n) is 6.19. The van der Waals surface area contributed by atoms with Crippen molar-refractivity contribution in [1.29, 1.82) is 0 Å². The minimum Gasteiger partial charge on any atom is -0.507 e. The normalized spacial score (nSPS) is 10.6. The number of phenolic OH excluding ortho intramolecular Hbond substituents is 1. The van der Waals surface area contributed by atoms with Crippen LogP contribution in [-0.2, 0) is 0 Å². The Kier molecular flexibility index (Phi) is 3.23. The molecule has 0 saturated carbocycles. The van der Waals surface area contributed by atoms with Crippen LogP contribution < -0.4 is 4.74 Å². The van der Waals surface area contributed by atoms with E-state index in [0.29, 0.717) is 23.0 Å². The number of aromatic nitrogens is 4. The van der Waals surface area contributed by atoms with Crippen molar-refractivity contribution in [2.45, 2.75) is 6.92 Å². The van der Waals surface area contributed by atoms with Crippen LogP contribution in [0, 0.1) is 6.92 Å². The lowest BCUT2D eigenvalue weighted by molar-refractivity contribution is 0.392. The number of phenols is 1. The highest BCUT2D eigenvalue weighted by Gasteiger charge is 2.15. The van der Waals surface area contributed by atoms with Gasteiger partial charge in [-0.1, -0.05) is 16.8 Å². The Bertz CT molecular complexity index is 768. The maximum Gasteiger partial charge on any atom is 0.262 e. The zero-order valence-electron chi connectivity index (χ0n) is 11.4. The molecule has 7 nitrogen and oxygen atoms in total. The van der Waals surface area contributed by atoms with Crippen molar-refractivity contribution in [1.82, 2.24) is 20.3 Å². The molecular formula is C14H12N4O3. The van der Waals surface area contributed by atoms with Gasteiger partial charge in [0.2, 0.25) is 11.7 Å². The van der Waals surface area contributed by atoms with Crippen LogP contribution in [0.3, 0.4) is 0 Å². The first-order valence-corrected chi connectivity index (χ1v) is 6.19. The van der Waals surface area contributed by atoms with Gasteiger partial charge in [0.05, 0.1) is 12.7 Å². The van der Waals surface area contributed by atoms with E-state index >= 15 is 0 Å². The minimum atomic E-state index is 0.0802. The fourth-order valence-electron chi connectivity index (χ4n) is 1.81. The van der Waals surface area contributed by atoms with Crippen molar-refractivity contribution in [2.24, 2.45) is 0 Å². The second kappa shape index (κ2) is 5.20. The number of hydrogen-bond acceptors (Lipinski definition) is 7. The Balaban J connectivity index is 1.97. The summed E-state index contributed by atoms with van der Waals surface area (Å²) in [6.45, 7) is 1.91. The molecule has 0 spiro atoms. The first-order chi connectivity index (χ1) is 10.2. The number of nitrogens with zero attached hydrogens (tertiary/aromatic N) is 4. The molecule has 2 aromatic heterocycles. The molecule has 0 bridgehead atoms. The molecule has 0 atom stereocenters. The van der Waals surface area contributed by atoms with Gasteiger partial charge >= 0.3 is 0 Å². The molecule has 0 amide bonds. The van der Waals surface area contributed by atoms with Crippen LogP contribution >= 0.6 is 0 Å². The van der Waals surface area contributed by atoms with Crippen LogP contribution in [0.1, 0.15) is 5.56 Å². The molecule has 0 saturated heterocycles. The Morgan fingerprint density at radius 1 is 1.14 bits per heavy atom. The summed E-state index contributed by atoms with van der Waals surface area (Å²) >= 11 is 0. The Hall–Kier alpha value is -2.96. The SMILES string of the molecule is COc1ccc(-c2noc(-c3cc(C)ccc3O)n2)nn1. The highest BCUT2D eigenvalue weighted by molar-refractivity contribution is 5.64. The van der Waals surface area contributed by atoms with E-state index in [0.717, 1.165) is 5.56 Å². The molecule has 2 heterocycles. The van der Waals surface area contributed by atoms with E-state index < -0.39 is 0 Å². The third-order valence-electron chi connectivity index (χ3n) is 2.89. The van der Waals surface area contributed by atoms with Gasteiger partial charge in [0.25, 0.3) is 5.89 Å². The Morgan fingerprint density at radius 3 is 2.71 bits per heavy atom. The molecule has 0 fully saturated rings. The van der Waals surface area contributed by atoms with Crippen LogP contribution in [0.5, 0.6) is 11.6 Å². The van der Waals surface area contributed by atoms with Crippen molar-refractivity contribution in [3.05, 3.63) is 35.9 Å². The highest BCUT2D eigenvalue weighted by Crippen LogP contribution is 2.29. The van der Waals surface area contributed by atoms with Crippen molar-refractivity contribution in [2.75, 3.05) is 7.11 Å². The van der Waals surface area contributed by atoms with Gasteiger partial charge in [-0.05, 0) is 25.1 Å². The summed E-state index contributed by atoms with van der Waals surface area (Å²) in [6.07, 6.45) is 0. The fraction of sp³-hybridized carbons (Fsp3) is 0.143. The van der Waals surface area contributed by atoms with Gasteiger partial charge in [-0.15, -0.1) is 10.2 Å². The zero-order chi connectivity index (χ0) is 14.8. The third-order valence-corrected chi connectivity index (χ3v) is 2.89. The molecule has 0 aliphatic heterocycles. The molecule has 21 heavy (non-hydrogen) atoms. The van der Waals surface area contributed by atoms with Gasteiger partial charge in [-0.3, -0.25) is 0 Å². The quantitative estimate of drug-likeness (QED) is 0.787. The van der Waals surface area contributed by atoms with E-state index in [1.165, 1.54) is 7.11 Å². The topological polar surface area (TPSA) is 94.2 Å². The number of ether oxygens (including phenoxy) is 1.